The number of hydrogen-bond acceptors (Lipinski definition) is 10. The number of carbonyl (C=O) groups is 1. The van der Waals surface area contributed by atoms with E-state index in [1.165, 1.54) is 0 Å². The van der Waals surface area contributed by atoms with E-state index in [1.807, 2.05) is 31.2 Å². The molecule has 0 saturated carbocycles. The van der Waals surface area contributed by atoms with E-state index in [1.54, 1.807) is 31.2 Å². The van der Waals surface area contributed by atoms with Crippen LogP contribution in [0.4, 0.5) is 0 Å². The number of aliphatic hydroxyl groups is 1. The second kappa shape index (κ2) is 13.8. The molecule has 0 aliphatic heterocycles. The lowest BCUT2D eigenvalue weighted by Gasteiger charge is -2.36. The maximum Gasteiger partial charge on any atom is 0.344 e. The van der Waals surface area contributed by atoms with Crippen LogP contribution in [-0.4, -0.2) is 42.0 Å². The molecule has 2 unspecified atom stereocenters. The molecule has 0 saturated heterocycles. The van der Waals surface area contributed by atoms with Crippen molar-refractivity contribution in [3.05, 3.63) is 59.7 Å². The zero-order valence-corrected chi connectivity index (χ0v) is 18.7. The number of benzene rings is 2. The van der Waals surface area contributed by atoms with Gasteiger partial charge in [-0.2, -0.15) is 7.82 Å². The minimum absolute atomic E-state index is 0.0958. The highest BCUT2D eigenvalue weighted by atomic mass is 31.2. The van der Waals surface area contributed by atoms with E-state index in [-0.39, 0.29) is 24.4 Å². The van der Waals surface area contributed by atoms with Gasteiger partial charge in [0.15, 0.2) is 6.61 Å². The van der Waals surface area contributed by atoms with Crippen molar-refractivity contribution >= 4 is 13.8 Å². The molecule has 0 aliphatic rings. The Kier molecular flexibility index (Phi) is 11.9. The molecule has 0 spiro atoms. The van der Waals surface area contributed by atoms with E-state index in [0.29, 0.717) is 18.9 Å². The molecular weight excluding hydrogens is 441 g/mol. The number of aromatic hydroxyl groups is 1. The van der Waals surface area contributed by atoms with Gasteiger partial charge in [-0.3, -0.25) is 0 Å². The summed E-state index contributed by atoms with van der Waals surface area (Å²) in [6.07, 6.45) is 0.148. The van der Waals surface area contributed by atoms with Crippen LogP contribution in [0.15, 0.2) is 48.5 Å². The van der Waals surface area contributed by atoms with Gasteiger partial charge in [-0.15, -0.1) is 0 Å². The Hall–Kier alpha value is -2.46. The van der Waals surface area contributed by atoms with E-state index in [4.69, 9.17) is 28.7 Å². The molecule has 0 aliphatic carbocycles. The van der Waals surface area contributed by atoms with E-state index in [0.717, 1.165) is 17.5 Å². The highest BCUT2D eigenvalue weighted by molar-refractivity contribution is 7.40. The van der Waals surface area contributed by atoms with Gasteiger partial charge >= 0.3 is 5.97 Å². The van der Waals surface area contributed by atoms with Crippen LogP contribution in [0.5, 0.6) is 11.5 Å². The van der Waals surface area contributed by atoms with Crippen LogP contribution in [0.3, 0.4) is 0 Å². The van der Waals surface area contributed by atoms with Crippen molar-refractivity contribution in [1.29, 1.82) is 0 Å². The maximum atomic E-state index is 11.3. The van der Waals surface area contributed by atoms with Crippen LogP contribution in [0.1, 0.15) is 31.1 Å². The molecule has 2 rings (SSSR count). The van der Waals surface area contributed by atoms with Crippen molar-refractivity contribution < 1.29 is 43.7 Å². The summed E-state index contributed by atoms with van der Waals surface area (Å²) in [4.78, 5) is 36.9. The Morgan fingerprint density at radius 2 is 1.66 bits per heavy atom. The van der Waals surface area contributed by atoms with Crippen LogP contribution in [-0.2, 0) is 20.5 Å². The molecular formula is C21H27NO9P-3. The van der Waals surface area contributed by atoms with Crippen molar-refractivity contribution in [2.45, 2.75) is 32.4 Å². The number of aliphatic hydroxyl groups excluding tert-OH is 1. The van der Waals surface area contributed by atoms with Crippen molar-refractivity contribution in [2.24, 2.45) is 0 Å². The minimum Gasteiger partial charge on any atom is -0.822 e. The summed E-state index contributed by atoms with van der Waals surface area (Å²) >= 11 is 0. The van der Waals surface area contributed by atoms with Gasteiger partial charge in [0, 0.05) is 6.04 Å². The SMILES string of the molecule is CCOC(=O)COc1ccc(CCNC(C)C(O)c2ccc(O)cc2)cc1.O=P([O-])([O-])[O-]. The lowest BCUT2D eigenvalue weighted by atomic mass is 10.0. The van der Waals surface area contributed by atoms with Crippen LogP contribution in [0, 0.1) is 0 Å². The molecule has 32 heavy (non-hydrogen) atoms. The van der Waals surface area contributed by atoms with Gasteiger partial charge < -0.3 is 44.2 Å². The first-order chi connectivity index (χ1) is 15.0. The molecule has 178 valence electrons. The maximum absolute atomic E-state index is 11.3. The number of phosphoric acid groups is 1. The number of phenols is 1. The third-order valence-corrected chi connectivity index (χ3v) is 4.17. The summed E-state index contributed by atoms with van der Waals surface area (Å²) in [7, 11) is -5.39. The molecule has 10 nitrogen and oxygen atoms in total. The number of ether oxygens (including phenoxy) is 2. The number of nitrogens with one attached hydrogen (secondary N) is 1. The Morgan fingerprint density at radius 1 is 1.09 bits per heavy atom. The molecule has 2 atom stereocenters. The van der Waals surface area contributed by atoms with Crippen molar-refractivity contribution in [3.8, 4) is 11.5 Å². The molecule has 0 amide bonds. The van der Waals surface area contributed by atoms with Gasteiger partial charge in [0.25, 0.3) is 0 Å². The molecule has 0 bridgehead atoms. The zero-order valence-electron chi connectivity index (χ0n) is 17.8. The first-order valence-corrected chi connectivity index (χ1v) is 11.3. The smallest absolute Gasteiger partial charge is 0.344 e. The van der Waals surface area contributed by atoms with Gasteiger partial charge in [0.2, 0.25) is 0 Å². The summed E-state index contributed by atoms with van der Waals surface area (Å²) in [5, 5.41) is 23.0. The Balaban J connectivity index is 0.000000920. The molecule has 0 heterocycles. The molecule has 0 fully saturated rings. The van der Waals surface area contributed by atoms with Gasteiger partial charge in [-0.1, -0.05) is 24.3 Å². The molecule has 11 heteroatoms. The highest BCUT2D eigenvalue weighted by Crippen LogP contribution is 2.19. The minimum atomic E-state index is -5.39. The number of rotatable bonds is 10. The predicted molar refractivity (Wildman–Crippen MR) is 110 cm³/mol. The van der Waals surface area contributed by atoms with Crippen LogP contribution < -0.4 is 24.7 Å². The van der Waals surface area contributed by atoms with Gasteiger partial charge in [0.1, 0.15) is 11.5 Å². The van der Waals surface area contributed by atoms with E-state index in [2.05, 4.69) is 5.32 Å². The van der Waals surface area contributed by atoms with Crippen molar-refractivity contribution in [2.75, 3.05) is 19.8 Å². The third-order valence-electron chi connectivity index (χ3n) is 4.17. The Bertz CT molecular complexity index is 844. The van der Waals surface area contributed by atoms with E-state index >= 15 is 0 Å². The second-order valence-electron chi connectivity index (χ2n) is 6.71. The monoisotopic (exact) mass is 468 g/mol. The topological polar surface area (TPSA) is 174 Å². The van der Waals surface area contributed by atoms with Crippen molar-refractivity contribution in [1.82, 2.24) is 5.32 Å². The number of phenolic OH excluding ortho intramolecular Hbond substituents is 1. The molecule has 2 aromatic carbocycles. The van der Waals surface area contributed by atoms with Gasteiger partial charge in [-0.05, 0) is 62.2 Å². The molecule has 2 aromatic rings. The third kappa shape index (κ3) is 12.4. The largest absolute Gasteiger partial charge is 0.822 e. The van der Waals surface area contributed by atoms with E-state index < -0.39 is 13.9 Å². The standard InChI is InChI=1S/C21H27NO5.H3O4P/c1-3-26-20(24)14-27-19-10-4-16(5-11-19)12-13-22-15(2)21(25)17-6-8-18(23)9-7-17;1-5(2,3)4/h4-11,15,21-23,25H,3,12-14H2,1-2H3;(H3,1,2,3,4)/p-3. The summed E-state index contributed by atoms with van der Waals surface area (Å²) in [5.41, 5.74) is 1.88. The fourth-order valence-electron chi connectivity index (χ4n) is 2.61. The number of hydrogen-bond donors (Lipinski definition) is 3. The average molecular weight is 468 g/mol. The van der Waals surface area contributed by atoms with Crippen LogP contribution >= 0.6 is 7.82 Å². The average Bonchev–Trinajstić information content (AvgIpc) is 2.72. The Morgan fingerprint density at radius 3 is 2.19 bits per heavy atom. The van der Waals surface area contributed by atoms with Crippen molar-refractivity contribution in [3.63, 3.8) is 0 Å². The number of esters is 1. The lowest BCUT2D eigenvalue weighted by molar-refractivity contribution is -0.432. The fourth-order valence-corrected chi connectivity index (χ4v) is 2.61. The quantitative estimate of drug-likeness (QED) is 0.312. The molecule has 0 radical (unpaired) electrons. The summed E-state index contributed by atoms with van der Waals surface area (Å²) in [6, 6.07) is 14.0. The van der Waals surface area contributed by atoms with E-state index in [9.17, 15) is 15.0 Å². The van der Waals surface area contributed by atoms with Gasteiger partial charge in [-0.25, -0.2) is 4.79 Å². The second-order valence-corrected chi connectivity index (χ2v) is 7.61. The summed E-state index contributed by atoms with van der Waals surface area (Å²) in [6.45, 7) is 4.63. The van der Waals surface area contributed by atoms with Crippen LogP contribution in [0.2, 0.25) is 0 Å². The predicted octanol–water partition coefficient (Wildman–Crippen LogP) is -0.236. The van der Waals surface area contributed by atoms with Gasteiger partial charge in [0.05, 0.1) is 12.7 Å². The summed E-state index contributed by atoms with van der Waals surface area (Å²) < 4.78 is 18.7. The highest BCUT2D eigenvalue weighted by Gasteiger charge is 2.15. The fraction of sp³-hybridized carbons (Fsp3) is 0.381. The normalized spacial score (nSPS) is 12.8. The first-order valence-electron chi connectivity index (χ1n) is 9.80. The molecule has 0 aromatic heterocycles. The molecule has 3 N–H and O–H groups in total. The summed E-state index contributed by atoms with van der Waals surface area (Å²) in [5.74, 6) is 0.420. The Labute approximate surface area is 186 Å². The van der Waals surface area contributed by atoms with Crippen LogP contribution in [0.25, 0.3) is 0 Å². The first kappa shape index (κ1) is 27.6. The zero-order chi connectivity index (χ0) is 24.1. The number of carbonyl (C=O) groups excluding carboxylic acids is 1. The lowest BCUT2D eigenvalue weighted by Crippen LogP contribution is -2.33.